The fourth-order valence-electron chi connectivity index (χ4n) is 1.90. The van der Waals surface area contributed by atoms with E-state index in [1.165, 1.54) is 19.2 Å². The fourth-order valence-corrected chi connectivity index (χ4v) is 1.90. The summed E-state index contributed by atoms with van der Waals surface area (Å²) in [4.78, 5) is 22.9. The molecular weight excluding hydrogens is 318 g/mol. The van der Waals surface area contributed by atoms with E-state index in [1.807, 2.05) is 0 Å². The van der Waals surface area contributed by atoms with Crippen LogP contribution in [0.1, 0.15) is 33.3 Å². The number of hydrogen-bond acceptors (Lipinski definition) is 6. The van der Waals surface area contributed by atoms with Crippen molar-refractivity contribution in [3.05, 3.63) is 17.7 Å². The first-order chi connectivity index (χ1) is 10.9. The Hall–Kier alpha value is -2.48. The number of rotatable bonds is 5. The van der Waals surface area contributed by atoms with Gasteiger partial charge in [0.25, 0.3) is 0 Å². The molecule has 0 radical (unpaired) electrons. The van der Waals surface area contributed by atoms with Crippen molar-refractivity contribution in [2.75, 3.05) is 12.4 Å². The zero-order valence-electron chi connectivity index (χ0n) is 14.3. The van der Waals surface area contributed by atoms with E-state index in [4.69, 9.17) is 14.6 Å². The molecule has 24 heavy (non-hydrogen) atoms. The predicted octanol–water partition coefficient (Wildman–Crippen LogP) is 2.13. The zero-order chi connectivity index (χ0) is 18.7. The standard InChI is InChI=1S/C16H23NO7/c1-15(2,3)24-14(21)17-10-6-9(7-11(23-5)12(10)18)8-16(4,22)13(19)20/h6-7,18,22H,8H2,1-5H3,(H,17,21)(H,19,20). The molecule has 1 aromatic carbocycles. The summed E-state index contributed by atoms with van der Waals surface area (Å²) in [5, 5.41) is 31.4. The van der Waals surface area contributed by atoms with Crippen LogP contribution in [0.15, 0.2) is 12.1 Å². The number of aliphatic carboxylic acids is 1. The molecule has 1 rings (SSSR count). The number of benzene rings is 1. The molecular formula is C16H23NO7. The Balaban J connectivity index is 3.14. The highest BCUT2D eigenvalue weighted by Crippen LogP contribution is 2.36. The van der Waals surface area contributed by atoms with Crippen molar-refractivity contribution in [3.63, 3.8) is 0 Å². The van der Waals surface area contributed by atoms with Crippen LogP contribution in [0.2, 0.25) is 0 Å². The summed E-state index contributed by atoms with van der Waals surface area (Å²) in [7, 11) is 1.31. The molecule has 0 aliphatic rings. The molecule has 8 heteroatoms. The van der Waals surface area contributed by atoms with Gasteiger partial charge in [0.1, 0.15) is 5.60 Å². The zero-order valence-corrected chi connectivity index (χ0v) is 14.3. The van der Waals surface area contributed by atoms with Crippen LogP contribution in [0.5, 0.6) is 11.5 Å². The molecule has 0 heterocycles. The van der Waals surface area contributed by atoms with Gasteiger partial charge in [-0.1, -0.05) is 0 Å². The third-order valence-electron chi connectivity index (χ3n) is 3.00. The second-order valence-electron chi connectivity index (χ2n) is 6.58. The molecule has 0 saturated heterocycles. The molecule has 0 spiro atoms. The third-order valence-corrected chi connectivity index (χ3v) is 3.00. The van der Waals surface area contributed by atoms with Crippen LogP contribution in [0.4, 0.5) is 10.5 Å². The first kappa shape index (κ1) is 19.6. The van der Waals surface area contributed by atoms with Crippen LogP contribution in [0.25, 0.3) is 0 Å². The summed E-state index contributed by atoms with van der Waals surface area (Å²) in [5.41, 5.74) is -2.40. The van der Waals surface area contributed by atoms with Crippen molar-refractivity contribution in [1.82, 2.24) is 0 Å². The van der Waals surface area contributed by atoms with Gasteiger partial charge in [-0.3, -0.25) is 5.32 Å². The maximum Gasteiger partial charge on any atom is 0.412 e. The van der Waals surface area contributed by atoms with E-state index in [-0.39, 0.29) is 23.6 Å². The maximum absolute atomic E-state index is 11.9. The number of phenols is 1. The summed E-state index contributed by atoms with van der Waals surface area (Å²) < 4.78 is 10.1. The molecule has 0 bridgehead atoms. The summed E-state index contributed by atoms with van der Waals surface area (Å²) in [5.74, 6) is -1.70. The monoisotopic (exact) mass is 341 g/mol. The summed E-state index contributed by atoms with van der Waals surface area (Å²) in [6, 6.07) is 2.73. The van der Waals surface area contributed by atoms with E-state index in [1.54, 1.807) is 20.8 Å². The van der Waals surface area contributed by atoms with Crippen molar-refractivity contribution in [1.29, 1.82) is 0 Å². The van der Waals surface area contributed by atoms with Crippen molar-refractivity contribution < 1.29 is 34.4 Å². The topological polar surface area (TPSA) is 125 Å². The second-order valence-corrected chi connectivity index (χ2v) is 6.58. The number of anilines is 1. The Morgan fingerprint density at radius 3 is 2.25 bits per heavy atom. The number of carbonyl (C=O) groups excluding carboxylic acids is 1. The Morgan fingerprint density at radius 2 is 1.79 bits per heavy atom. The summed E-state index contributed by atoms with van der Waals surface area (Å²) in [6.45, 7) is 6.21. The minimum absolute atomic E-state index is 0.0141. The van der Waals surface area contributed by atoms with Crippen molar-refractivity contribution in [2.45, 2.75) is 45.3 Å². The highest BCUT2D eigenvalue weighted by molar-refractivity contribution is 5.88. The number of carboxylic acid groups (broad SMARTS) is 1. The Labute approximate surface area is 140 Å². The average molecular weight is 341 g/mol. The van der Waals surface area contributed by atoms with Crippen LogP contribution in [-0.2, 0) is 16.0 Å². The first-order valence-electron chi connectivity index (χ1n) is 7.21. The number of aliphatic hydroxyl groups is 1. The van der Waals surface area contributed by atoms with Crippen molar-refractivity contribution in [2.24, 2.45) is 0 Å². The lowest BCUT2D eigenvalue weighted by Crippen LogP contribution is -2.37. The lowest BCUT2D eigenvalue weighted by molar-refractivity contribution is -0.156. The van der Waals surface area contributed by atoms with Gasteiger partial charge in [0, 0.05) is 6.42 Å². The predicted molar refractivity (Wildman–Crippen MR) is 86.5 cm³/mol. The minimum atomic E-state index is -2.01. The normalized spacial score (nSPS) is 13.8. The number of methoxy groups -OCH3 is 1. The Bertz CT molecular complexity index is 632. The number of aromatic hydroxyl groups is 1. The molecule has 1 atom stereocenters. The van der Waals surface area contributed by atoms with Gasteiger partial charge in [0.05, 0.1) is 12.8 Å². The van der Waals surface area contributed by atoms with Crippen molar-refractivity contribution in [3.8, 4) is 11.5 Å². The van der Waals surface area contributed by atoms with Crippen LogP contribution >= 0.6 is 0 Å². The average Bonchev–Trinajstić information content (AvgIpc) is 2.39. The summed E-state index contributed by atoms with van der Waals surface area (Å²) >= 11 is 0. The van der Waals surface area contributed by atoms with Gasteiger partial charge in [-0.25, -0.2) is 9.59 Å². The van der Waals surface area contributed by atoms with E-state index < -0.39 is 23.3 Å². The van der Waals surface area contributed by atoms with E-state index in [9.17, 15) is 19.8 Å². The van der Waals surface area contributed by atoms with E-state index in [0.717, 1.165) is 6.92 Å². The summed E-state index contributed by atoms with van der Waals surface area (Å²) in [6.07, 6.45) is -1.04. The van der Waals surface area contributed by atoms with Gasteiger partial charge >= 0.3 is 12.1 Å². The molecule has 1 unspecified atom stereocenters. The van der Waals surface area contributed by atoms with Gasteiger partial charge in [-0.15, -0.1) is 0 Å². The van der Waals surface area contributed by atoms with Crippen LogP contribution < -0.4 is 10.1 Å². The molecule has 0 saturated carbocycles. The molecule has 1 amide bonds. The van der Waals surface area contributed by atoms with E-state index >= 15 is 0 Å². The van der Waals surface area contributed by atoms with Crippen LogP contribution in [-0.4, -0.2) is 45.7 Å². The number of ether oxygens (including phenoxy) is 2. The lowest BCUT2D eigenvalue weighted by Gasteiger charge is -2.21. The largest absolute Gasteiger partial charge is 0.503 e. The van der Waals surface area contributed by atoms with Gasteiger partial charge in [-0.05, 0) is 45.4 Å². The van der Waals surface area contributed by atoms with E-state index in [2.05, 4.69) is 5.32 Å². The highest BCUT2D eigenvalue weighted by atomic mass is 16.6. The second kappa shape index (κ2) is 6.96. The first-order valence-corrected chi connectivity index (χ1v) is 7.21. The van der Waals surface area contributed by atoms with Gasteiger partial charge < -0.3 is 24.8 Å². The number of amides is 1. The molecule has 0 fully saturated rings. The maximum atomic E-state index is 11.9. The number of carboxylic acids is 1. The molecule has 134 valence electrons. The third kappa shape index (κ3) is 5.31. The molecule has 4 N–H and O–H groups in total. The van der Waals surface area contributed by atoms with Crippen LogP contribution in [0.3, 0.4) is 0 Å². The van der Waals surface area contributed by atoms with Gasteiger partial charge in [0.15, 0.2) is 17.1 Å². The molecule has 0 aliphatic heterocycles. The van der Waals surface area contributed by atoms with Crippen molar-refractivity contribution >= 4 is 17.7 Å². The fraction of sp³-hybridized carbons (Fsp3) is 0.500. The number of hydrogen-bond donors (Lipinski definition) is 4. The Kier molecular flexibility index (Phi) is 5.67. The minimum Gasteiger partial charge on any atom is -0.503 e. The quantitative estimate of drug-likeness (QED) is 0.604. The van der Waals surface area contributed by atoms with E-state index in [0.29, 0.717) is 5.56 Å². The number of carbonyl (C=O) groups is 2. The van der Waals surface area contributed by atoms with Gasteiger partial charge in [0.2, 0.25) is 0 Å². The molecule has 1 aromatic rings. The van der Waals surface area contributed by atoms with Crippen LogP contribution in [0, 0.1) is 0 Å². The Morgan fingerprint density at radius 1 is 1.21 bits per heavy atom. The van der Waals surface area contributed by atoms with Gasteiger partial charge in [-0.2, -0.15) is 0 Å². The molecule has 0 aromatic heterocycles. The molecule has 8 nitrogen and oxygen atoms in total. The number of nitrogens with one attached hydrogen (secondary N) is 1. The smallest absolute Gasteiger partial charge is 0.412 e. The lowest BCUT2D eigenvalue weighted by atomic mass is 9.96. The SMILES string of the molecule is COc1cc(CC(C)(O)C(=O)O)cc(NC(=O)OC(C)(C)C)c1O. The highest BCUT2D eigenvalue weighted by Gasteiger charge is 2.31. The molecule has 0 aliphatic carbocycles. The number of phenolic OH excluding ortho intramolecular Hbond substituents is 1.